The molecule has 0 fully saturated rings. The average Bonchev–Trinajstić information content (AvgIpc) is 3.44. The predicted molar refractivity (Wildman–Crippen MR) is 343 cm³/mol. The second kappa shape index (κ2) is 67.6. The number of aliphatic hydroxyl groups excluding tert-OH is 2. The molecule has 0 aliphatic rings. The molecule has 0 aromatic carbocycles. The molecule has 78 heavy (non-hydrogen) atoms. The van der Waals surface area contributed by atoms with E-state index < -0.39 is 12.1 Å². The average molecular weight is 1100 g/mol. The van der Waals surface area contributed by atoms with Crippen LogP contribution in [0.15, 0.2) is 36.5 Å². The maximum atomic E-state index is 12.5. The van der Waals surface area contributed by atoms with Gasteiger partial charge in [0.05, 0.1) is 25.4 Å². The van der Waals surface area contributed by atoms with Crippen molar-refractivity contribution in [3.8, 4) is 0 Å². The number of allylic oxidation sites excluding steroid dienone is 5. The standard InChI is InChI=1S/C72H137NO5/c1-3-5-7-9-11-13-15-17-19-37-40-44-48-52-56-60-64-70(75)69(68-74)73-71(76)65-61-57-53-49-45-41-38-35-33-31-29-27-25-23-21-20-22-24-26-28-30-32-34-36-39-43-47-51-55-59-63-67-78-72(77)66-62-58-54-50-46-42-18-16-14-12-10-8-6-4-2/h16,18,22,24,60,64,69-70,74-75H,3-15,17,19-21,23,25-59,61-63,65-68H2,1-2H3,(H,73,76)/b18-16-,24-22-,64-60+. The summed E-state index contributed by atoms with van der Waals surface area (Å²) in [5.41, 5.74) is 0. The van der Waals surface area contributed by atoms with Crippen LogP contribution in [0.4, 0.5) is 0 Å². The summed E-state index contributed by atoms with van der Waals surface area (Å²) in [4.78, 5) is 24.5. The van der Waals surface area contributed by atoms with Crippen molar-refractivity contribution in [1.29, 1.82) is 0 Å². The maximum absolute atomic E-state index is 12.5. The van der Waals surface area contributed by atoms with Crippen molar-refractivity contribution >= 4 is 11.9 Å². The Balaban J connectivity index is 3.38. The third kappa shape index (κ3) is 63.3. The number of carbonyl (C=O) groups is 2. The number of amides is 1. The Morgan fingerprint density at radius 3 is 0.910 bits per heavy atom. The highest BCUT2D eigenvalue weighted by Gasteiger charge is 2.18. The van der Waals surface area contributed by atoms with Gasteiger partial charge in [0.15, 0.2) is 0 Å². The number of hydrogen-bond donors (Lipinski definition) is 3. The zero-order valence-electron chi connectivity index (χ0n) is 52.7. The van der Waals surface area contributed by atoms with Crippen LogP contribution in [0, 0.1) is 0 Å². The molecule has 0 rings (SSSR count). The second-order valence-corrected chi connectivity index (χ2v) is 24.2. The third-order valence-electron chi connectivity index (χ3n) is 16.4. The number of nitrogens with one attached hydrogen (secondary N) is 1. The normalized spacial score (nSPS) is 12.7. The zero-order chi connectivity index (χ0) is 56.4. The molecule has 3 N–H and O–H groups in total. The first-order valence-electron chi connectivity index (χ1n) is 35.3. The number of carbonyl (C=O) groups excluding carboxylic acids is 2. The van der Waals surface area contributed by atoms with Gasteiger partial charge in [0.1, 0.15) is 0 Å². The number of rotatable bonds is 66. The van der Waals surface area contributed by atoms with Crippen LogP contribution in [0.25, 0.3) is 0 Å². The van der Waals surface area contributed by atoms with E-state index in [-0.39, 0.29) is 18.5 Å². The Bertz CT molecular complexity index is 1260. The van der Waals surface area contributed by atoms with E-state index in [1.165, 1.54) is 315 Å². The van der Waals surface area contributed by atoms with Crippen molar-refractivity contribution in [2.24, 2.45) is 0 Å². The van der Waals surface area contributed by atoms with E-state index in [0.717, 1.165) is 44.9 Å². The molecule has 1 amide bonds. The topological polar surface area (TPSA) is 95.9 Å². The Kier molecular flexibility index (Phi) is 65.9. The highest BCUT2D eigenvalue weighted by atomic mass is 16.5. The van der Waals surface area contributed by atoms with Crippen LogP contribution in [-0.4, -0.2) is 47.4 Å². The third-order valence-corrected chi connectivity index (χ3v) is 16.4. The smallest absolute Gasteiger partial charge is 0.305 e. The number of ether oxygens (including phenoxy) is 1. The Morgan fingerprint density at radius 1 is 0.346 bits per heavy atom. The van der Waals surface area contributed by atoms with Gasteiger partial charge in [-0.25, -0.2) is 0 Å². The molecule has 0 aliphatic carbocycles. The van der Waals surface area contributed by atoms with Crippen molar-refractivity contribution < 1.29 is 24.5 Å². The monoisotopic (exact) mass is 1100 g/mol. The van der Waals surface area contributed by atoms with E-state index in [9.17, 15) is 19.8 Å². The number of unbranched alkanes of at least 4 members (excludes halogenated alkanes) is 51. The number of hydrogen-bond acceptors (Lipinski definition) is 5. The minimum absolute atomic E-state index is 0.00911. The molecule has 0 bridgehead atoms. The van der Waals surface area contributed by atoms with E-state index in [1.807, 2.05) is 6.08 Å². The SMILES string of the molecule is CCCCCCC/C=C\CCCCCCCC(=O)OCCCCCCCCCCCCCC/C=C\CCCCCCCCCCCCCCCCCC(=O)NC(CO)C(O)/C=C/CCCCCCCCCCCCCCCC. The van der Waals surface area contributed by atoms with E-state index in [4.69, 9.17) is 4.74 Å². The fraction of sp³-hybridized carbons (Fsp3) is 0.889. The largest absolute Gasteiger partial charge is 0.466 e. The second-order valence-electron chi connectivity index (χ2n) is 24.2. The summed E-state index contributed by atoms with van der Waals surface area (Å²) in [6.07, 6.45) is 86.5. The Labute approximate surface area is 487 Å². The predicted octanol–water partition coefficient (Wildman–Crippen LogP) is 22.7. The van der Waals surface area contributed by atoms with Gasteiger partial charge < -0.3 is 20.3 Å². The van der Waals surface area contributed by atoms with Gasteiger partial charge >= 0.3 is 5.97 Å². The highest BCUT2D eigenvalue weighted by Crippen LogP contribution is 2.18. The lowest BCUT2D eigenvalue weighted by molar-refractivity contribution is -0.143. The summed E-state index contributed by atoms with van der Waals surface area (Å²) in [7, 11) is 0. The lowest BCUT2D eigenvalue weighted by atomic mass is 10.0. The van der Waals surface area contributed by atoms with Crippen molar-refractivity contribution in [2.45, 2.75) is 398 Å². The lowest BCUT2D eigenvalue weighted by Crippen LogP contribution is -2.45. The van der Waals surface area contributed by atoms with Gasteiger partial charge in [-0.05, 0) is 83.5 Å². The van der Waals surface area contributed by atoms with E-state index in [2.05, 4.69) is 43.5 Å². The quantitative estimate of drug-likeness (QED) is 0.0320. The van der Waals surface area contributed by atoms with E-state index in [0.29, 0.717) is 19.4 Å². The van der Waals surface area contributed by atoms with Gasteiger partial charge in [-0.2, -0.15) is 0 Å². The molecule has 0 aliphatic heterocycles. The molecule has 6 nitrogen and oxygen atoms in total. The first kappa shape index (κ1) is 76.1. The molecule has 6 heteroatoms. The molecule has 2 atom stereocenters. The van der Waals surface area contributed by atoms with Gasteiger partial charge in [-0.1, -0.05) is 326 Å². The lowest BCUT2D eigenvalue weighted by Gasteiger charge is -2.20. The number of aliphatic hydroxyl groups is 2. The minimum atomic E-state index is -0.843. The van der Waals surface area contributed by atoms with Crippen LogP contribution in [0.1, 0.15) is 386 Å². The summed E-state index contributed by atoms with van der Waals surface area (Å²) in [5.74, 6) is -0.0544. The van der Waals surface area contributed by atoms with Crippen molar-refractivity contribution in [3.63, 3.8) is 0 Å². The molecule has 0 aromatic rings. The van der Waals surface area contributed by atoms with Crippen molar-refractivity contribution in [3.05, 3.63) is 36.5 Å². The van der Waals surface area contributed by atoms with Crippen molar-refractivity contribution in [2.75, 3.05) is 13.2 Å². The Morgan fingerprint density at radius 2 is 0.603 bits per heavy atom. The summed E-state index contributed by atoms with van der Waals surface area (Å²) >= 11 is 0. The van der Waals surface area contributed by atoms with Crippen LogP contribution in [0.3, 0.4) is 0 Å². The van der Waals surface area contributed by atoms with Gasteiger partial charge in [-0.15, -0.1) is 0 Å². The first-order valence-corrected chi connectivity index (χ1v) is 35.3. The molecular weight excluding hydrogens is 959 g/mol. The van der Waals surface area contributed by atoms with Crippen LogP contribution in [0.5, 0.6) is 0 Å². The van der Waals surface area contributed by atoms with Crippen LogP contribution < -0.4 is 5.32 Å². The fourth-order valence-corrected chi connectivity index (χ4v) is 11.0. The van der Waals surface area contributed by atoms with Gasteiger partial charge in [-0.3, -0.25) is 9.59 Å². The Hall–Kier alpha value is -1.92. The van der Waals surface area contributed by atoms with Crippen LogP contribution in [0.2, 0.25) is 0 Å². The molecule has 0 aromatic heterocycles. The molecule has 0 saturated carbocycles. The molecule has 2 unspecified atom stereocenters. The van der Waals surface area contributed by atoms with Crippen LogP contribution >= 0.6 is 0 Å². The highest BCUT2D eigenvalue weighted by molar-refractivity contribution is 5.76. The summed E-state index contributed by atoms with van der Waals surface area (Å²) in [6.45, 7) is 4.92. The van der Waals surface area contributed by atoms with Gasteiger partial charge in [0, 0.05) is 12.8 Å². The summed E-state index contributed by atoms with van der Waals surface area (Å²) in [5, 5.41) is 23.2. The molecule has 0 saturated heterocycles. The molecule has 0 heterocycles. The van der Waals surface area contributed by atoms with Crippen LogP contribution in [-0.2, 0) is 14.3 Å². The van der Waals surface area contributed by atoms with E-state index in [1.54, 1.807) is 6.08 Å². The van der Waals surface area contributed by atoms with Gasteiger partial charge in [0.2, 0.25) is 5.91 Å². The fourth-order valence-electron chi connectivity index (χ4n) is 11.0. The van der Waals surface area contributed by atoms with Crippen molar-refractivity contribution in [1.82, 2.24) is 5.32 Å². The molecular formula is C72H137NO5. The maximum Gasteiger partial charge on any atom is 0.305 e. The zero-order valence-corrected chi connectivity index (χ0v) is 52.7. The summed E-state index contributed by atoms with van der Waals surface area (Å²) in [6, 6.07) is -0.626. The van der Waals surface area contributed by atoms with E-state index >= 15 is 0 Å². The minimum Gasteiger partial charge on any atom is -0.466 e. The number of esters is 1. The first-order chi connectivity index (χ1) is 38.5. The van der Waals surface area contributed by atoms with Gasteiger partial charge in [0.25, 0.3) is 0 Å². The molecule has 460 valence electrons. The molecule has 0 spiro atoms. The molecule has 0 radical (unpaired) electrons. The summed E-state index contributed by atoms with van der Waals surface area (Å²) < 4.78 is 5.49.